The van der Waals surface area contributed by atoms with Gasteiger partial charge in [-0.3, -0.25) is 0 Å². The molecule has 1 aromatic carbocycles. The first kappa shape index (κ1) is 15.7. The SMILES string of the molecule is Cc1ccc2c(c1-c1cccc[n+]1C)OC(C)(C)C21CCCCC1. The molecule has 0 radical (unpaired) electrons. The summed E-state index contributed by atoms with van der Waals surface area (Å²) in [5.41, 5.74) is 5.28. The molecule has 0 unspecified atom stereocenters. The molecule has 1 aliphatic heterocycles. The molecule has 2 nitrogen and oxygen atoms in total. The minimum Gasteiger partial charge on any atom is -0.486 e. The number of aromatic nitrogens is 1. The van der Waals surface area contributed by atoms with Gasteiger partial charge in [-0.15, -0.1) is 0 Å². The Bertz CT molecular complexity index is 785. The zero-order valence-electron chi connectivity index (χ0n) is 15.4. The Morgan fingerprint density at radius 2 is 1.75 bits per heavy atom. The maximum atomic E-state index is 6.70. The molecule has 0 amide bonds. The lowest BCUT2D eigenvalue weighted by molar-refractivity contribution is -0.660. The zero-order valence-corrected chi connectivity index (χ0v) is 15.4. The number of benzene rings is 1. The molecule has 2 heterocycles. The van der Waals surface area contributed by atoms with Crippen molar-refractivity contribution in [1.29, 1.82) is 0 Å². The van der Waals surface area contributed by atoms with Crippen molar-refractivity contribution in [3.63, 3.8) is 0 Å². The van der Waals surface area contributed by atoms with E-state index in [9.17, 15) is 0 Å². The summed E-state index contributed by atoms with van der Waals surface area (Å²) in [7, 11) is 2.12. The number of pyridine rings is 1. The van der Waals surface area contributed by atoms with Gasteiger partial charge < -0.3 is 4.74 Å². The van der Waals surface area contributed by atoms with Gasteiger partial charge in [0.15, 0.2) is 6.20 Å². The van der Waals surface area contributed by atoms with Gasteiger partial charge >= 0.3 is 0 Å². The maximum absolute atomic E-state index is 6.70. The van der Waals surface area contributed by atoms with Crippen LogP contribution in [0.15, 0.2) is 36.5 Å². The predicted octanol–water partition coefficient (Wildman–Crippen LogP) is 4.86. The first-order valence-electron chi connectivity index (χ1n) is 9.24. The average molecular weight is 322 g/mol. The van der Waals surface area contributed by atoms with E-state index in [1.165, 1.54) is 54.5 Å². The highest BCUT2D eigenvalue weighted by Crippen LogP contribution is 2.58. The molecule has 0 N–H and O–H groups in total. The summed E-state index contributed by atoms with van der Waals surface area (Å²) in [6.07, 6.45) is 8.60. The molecule has 1 fully saturated rings. The van der Waals surface area contributed by atoms with Crippen molar-refractivity contribution in [1.82, 2.24) is 0 Å². The Morgan fingerprint density at radius 3 is 2.46 bits per heavy atom. The van der Waals surface area contributed by atoms with Gasteiger partial charge in [0.25, 0.3) is 0 Å². The number of fused-ring (bicyclic) bond motifs is 2. The van der Waals surface area contributed by atoms with Crippen LogP contribution in [0.3, 0.4) is 0 Å². The van der Waals surface area contributed by atoms with Gasteiger partial charge in [-0.05, 0) is 45.2 Å². The fraction of sp³-hybridized carbons (Fsp3) is 0.500. The van der Waals surface area contributed by atoms with E-state index >= 15 is 0 Å². The van der Waals surface area contributed by atoms with Crippen molar-refractivity contribution in [2.45, 2.75) is 63.9 Å². The Balaban J connectivity index is 1.97. The Labute approximate surface area is 145 Å². The number of hydrogen-bond donors (Lipinski definition) is 0. The van der Waals surface area contributed by atoms with Crippen LogP contribution in [-0.2, 0) is 12.5 Å². The van der Waals surface area contributed by atoms with E-state index in [-0.39, 0.29) is 11.0 Å². The van der Waals surface area contributed by atoms with Gasteiger partial charge in [-0.25, -0.2) is 4.57 Å². The van der Waals surface area contributed by atoms with Crippen molar-refractivity contribution in [3.8, 4) is 17.0 Å². The Morgan fingerprint density at radius 1 is 1.00 bits per heavy atom. The third-order valence-corrected chi connectivity index (χ3v) is 6.41. The van der Waals surface area contributed by atoms with Crippen LogP contribution < -0.4 is 9.30 Å². The molecule has 0 saturated heterocycles. The second-order valence-electron chi connectivity index (χ2n) is 8.09. The number of hydrogen-bond acceptors (Lipinski definition) is 1. The lowest BCUT2D eigenvalue weighted by atomic mass is 9.62. The zero-order chi connectivity index (χ0) is 16.9. The van der Waals surface area contributed by atoms with Gasteiger partial charge in [0.05, 0.1) is 5.56 Å². The minimum absolute atomic E-state index is 0.133. The quantitative estimate of drug-likeness (QED) is 0.683. The highest BCUT2D eigenvalue weighted by molar-refractivity contribution is 5.74. The maximum Gasteiger partial charge on any atom is 0.216 e. The van der Waals surface area contributed by atoms with Crippen molar-refractivity contribution in [3.05, 3.63) is 47.7 Å². The first-order valence-corrected chi connectivity index (χ1v) is 9.24. The number of aryl methyl sites for hydroxylation is 2. The highest BCUT2D eigenvalue weighted by Gasteiger charge is 2.55. The summed E-state index contributed by atoms with van der Waals surface area (Å²) >= 11 is 0. The van der Waals surface area contributed by atoms with Crippen molar-refractivity contribution in [2.75, 3.05) is 0 Å². The van der Waals surface area contributed by atoms with Crippen LogP contribution in [0.2, 0.25) is 0 Å². The molecule has 2 aliphatic rings. The molecule has 1 saturated carbocycles. The molecular weight excluding hydrogens is 294 g/mol. The standard InChI is InChI=1S/C22H28NO/c1-16-11-12-17-20(19(16)18-10-6-9-15-23(18)4)24-21(2,3)22(17)13-7-5-8-14-22/h6,9-12,15H,5,7-8,13-14H2,1-4H3/q+1. The van der Waals surface area contributed by atoms with Gasteiger partial charge in [0, 0.05) is 23.1 Å². The van der Waals surface area contributed by atoms with Crippen LogP contribution in [0.1, 0.15) is 57.1 Å². The third-order valence-electron chi connectivity index (χ3n) is 6.41. The van der Waals surface area contributed by atoms with Crippen LogP contribution in [0, 0.1) is 6.92 Å². The molecular formula is C22H28NO+. The van der Waals surface area contributed by atoms with E-state index in [0.717, 1.165) is 5.75 Å². The minimum atomic E-state index is -0.133. The van der Waals surface area contributed by atoms with Crippen molar-refractivity contribution >= 4 is 0 Å². The summed E-state index contributed by atoms with van der Waals surface area (Å²) in [4.78, 5) is 0. The van der Waals surface area contributed by atoms with E-state index in [2.05, 4.69) is 68.9 Å². The molecule has 0 atom stereocenters. The van der Waals surface area contributed by atoms with Crippen LogP contribution in [-0.4, -0.2) is 5.60 Å². The number of nitrogens with zero attached hydrogens (tertiary/aromatic N) is 1. The van der Waals surface area contributed by atoms with Gasteiger partial charge in [-0.1, -0.05) is 31.4 Å². The lowest BCUT2D eigenvalue weighted by Gasteiger charge is -2.43. The second-order valence-corrected chi connectivity index (χ2v) is 8.09. The smallest absolute Gasteiger partial charge is 0.216 e. The summed E-state index contributed by atoms with van der Waals surface area (Å²) < 4.78 is 8.89. The highest BCUT2D eigenvalue weighted by atomic mass is 16.5. The molecule has 2 heteroatoms. The Kier molecular flexibility index (Phi) is 3.49. The van der Waals surface area contributed by atoms with E-state index in [4.69, 9.17) is 4.74 Å². The predicted molar refractivity (Wildman–Crippen MR) is 97.3 cm³/mol. The van der Waals surface area contributed by atoms with Crippen LogP contribution >= 0.6 is 0 Å². The first-order chi connectivity index (χ1) is 11.5. The molecule has 1 aromatic heterocycles. The monoisotopic (exact) mass is 322 g/mol. The molecule has 24 heavy (non-hydrogen) atoms. The normalized spacial score (nSPS) is 20.7. The molecule has 2 aromatic rings. The summed E-state index contributed by atoms with van der Waals surface area (Å²) in [5, 5.41) is 0. The molecule has 4 rings (SSSR count). The second kappa shape index (κ2) is 5.34. The summed E-state index contributed by atoms with van der Waals surface area (Å²) in [5.74, 6) is 1.13. The van der Waals surface area contributed by atoms with E-state index < -0.39 is 0 Å². The van der Waals surface area contributed by atoms with Crippen LogP contribution in [0.25, 0.3) is 11.3 Å². The van der Waals surface area contributed by atoms with Gasteiger partial charge in [0.2, 0.25) is 5.69 Å². The van der Waals surface area contributed by atoms with Gasteiger partial charge in [0.1, 0.15) is 18.4 Å². The van der Waals surface area contributed by atoms with Crippen LogP contribution in [0.4, 0.5) is 0 Å². The average Bonchev–Trinajstić information content (AvgIpc) is 2.77. The van der Waals surface area contributed by atoms with E-state index in [1.807, 2.05) is 0 Å². The fourth-order valence-electron chi connectivity index (χ4n) is 4.97. The third kappa shape index (κ3) is 2.05. The number of ether oxygens (including phenoxy) is 1. The summed E-state index contributed by atoms with van der Waals surface area (Å²) in [6.45, 7) is 6.79. The summed E-state index contributed by atoms with van der Waals surface area (Å²) in [6, 6.07) is 11.0. The molecule has 1 spiro atoms. The van der Waals surface area contributed by atoms with Crippen molar-refractivity contribution in [2.24, 2.45) is 7.05 Å². The van der Waals surface area contributed by atoms with E-state index in [1.54, 1.807) is 0 Å². The molecule has 126 valence electrons. The largest absolute Gasteiger partial charge is 0.486 e. The molecule has 1 aliphatic carbocycles. The van der Waals surface area contributed by atoms with Crippen LogP contribution in [0.5, 0.6) is 5.75 Å². The molecule has 0 bridgehead atoms. The van der Waals surface area contributed by atoms with Gasteiger partial charge in [-0.2, -0.15) is 0 Å². The lowest BCUT2D eigenvalue weighted by Crippen LogP contribution is -2.47. The van der Waals surface area contributed by atoms with E-state index in [0.29, 0.717) is 0 Å². The topological polar surface area (TPSA) is 13.1 Å². The fourth-order valence-corrected chi connectivity index (χ4v) is 4.97. The van der Waals surface area contributed by atoms with Crippen molar-refractivity contribution < 1.29 is 9.30 Å². The number of rotatable bonds is 1. The Hall–Kier alpha value is -1.83.